The van der Waals surface area contributed by atoms with E-state index in [0.29, 0.717) is 0 Å². The van der Waals surface area contributed by atoms with E-state index in [2.05, 4.69) is 0 Å². The molecule has 0 aromatic heterocycles. The van der Waals surface area contributed by atoms with Crippen molar-refractivity contribution < 1.29 is 33.1 Å². The van der Waals surface area contributed by atoms with Gasteiger partial charge in [0.25, 0.3) is 5.12 Å². The van der Waals surface area contributed by atoms with Gasteiger partial charge in [0.2, 0.25) is 0 Å². The standard InChI is InChI=1S/C5H10O7S/c6-2-4(8)3(7)1-5(9)13(10,11)12/h3-4,6-8H,1-2H2,(H,10,11,12). The fraction of sp³-hybridized carbons (Fsp3) is 0.800. The fourth-order valence-corrected chi connectivity index (χ4v) is 0.915. The molecule has 0 aromatic rings. The van der Waals surface area contributed by atoms with E-state index in [9.17, 15) is 13.2 Å². The zero-order valence-corrected chi connectivity index (χ0v) is 7.31. The van der Waals surface area contributed by atoms with Crippen LogP contribution in [0, 0.1) is 0 Å². The Morgan fingerprint density at radius 2 is 1.69 bits per heavy atom. The number of carbonyl (C=O) groups excluding carboxylic acids is 1. The lowest BCUT2D eigenvalue weighted by atomic mass is 10.2. The van der Waals surface area contributed by atoms with Crippen LogP contribution in [0.4, 0.5) is 0 Å². The van der Waals surface area contributed by atoms with Gasteiger partial charge in [0.1, 0.15) is 6.10 Å². The van der Waals surface area contributed by atoms with E-state index in [1.807, 2.05) is 0 Å². The smallest absolute Gasteiger partial charge is 0.328 e. The highest BCUT2D eigenvalue weighted by Gasteiger charge is 2.25. The molecule has 0 aliphatic carbocycles. The molecule has 78 valence electrons. The molecule has 0 rings (SSSR count). The number of aliphatic hydroxyl groups excluding tert-OH is 3. The number of rotatable bonds is 4. The highest BCUT2D eigenvalue weighted by Crippen LogP contribution is 2.02. The highest BCUT2D eigenvalue weighted by atomic mass is 32.2. The molecule has 0 aliphatic heterocycles. The van der Waals surface area contributed by atoms with Crippen LogP contribution in [-0.4, -0.2) is 52.2 Å². The first-order valence-corrected chi connectivity index (χ1v) is 4.70. The molecule has 0 heterocycles. The van der Waals surface area contributed by atoms with E-state index >= 15 is 0 Å². The first-order chi connectivity index (χ1) is 5.79. The molecular weight excluding hydrogens is 204 g/mol. The minimum Gasteiger partial charge on any atom is -0.394 e. The van der Waals surface area contributed by atoms with Crippen molar-refractivity contribution in [2.24, 2.45) is 0 Å². The normalized spacial score (nSPS) is 16.6. The minimum absolute atomic E-state index is 0.806. The Kier molecular flexibility index (Phi) is 4.44. The van der Waals surface area contributed by atoms with Crippen LogP contribution in [0.3, 0.4) is 0 Å². The first-order valence-electron chi connectivity index (χ1n) is 3.26. The van der Waals surface area contributed by atoms with Gasteiger partial charge in [-0.3, -0.25) is 9.35 Å². The second kappa shape index (κ2) is 4.63. The Morgan fingerprint density at radius 3 is 2.00 bits per heavy atom. The maximum Gasteiger partial charge on any atom is 0.328 e. The second-order valence-electron chi connectivity index (χ2n) is 2.37. The third-order valence-electron chi connectivity index (χ3n) is 1.29. The predicted octanol–water partition coefficient (Wildman–Crippen LogP) is -2.49. The third-order valence-corrected chi connectivity index (χ3v) is 2.04. The summed E-state index contributed by atoms with van der Waals surface area (Å²) in [6, 6.07) is 0. The number of hydrogen-bond donors (Lipinski definition) is 4. The van der Waals surface area contributed by atoms with Gasteiger partial charge < -0.3 is 15.3 Å². The summed E-state index contributed by atoms with van der Waals surface area (Å²) >= 11 is 0. The quantitative estimate of drug-likeness (QED) is 0.380. The summed E-state index contributed by atoms with van der Waals surface area (Å²) in [6.45, 7) is -0.806. The van der Waals surface area contributed by atoms with Gasteiger partial charge in [-0.1, -0.05) is 0 Å². The molecule has 7 nitrogen and oxygen atoms in total. The van der Waals surface area contributed by atoms with E-state index in [4.69, 9.17) is 19.9 Å². The van der Waals surface area contributed by atoms with Gasteiger partial charge in [-0.2, -0.15) is 8.42 Å². The van der Waals surface area contributed by atoms with Crippen LogP contribution in [-0.2, 0) is 14.9 Å². The van der Waals surface area contributed by atoms with Gasteiger partial charge in [0.05, 0.1) is 19.1 Å². The average molecular weight is 214 g/mol. The molecule has 0 aliphatic rings. The highest BCUT2D eigenvalue weighted by molar-refractivity contribution is 8.01. The number of hydrogen-bond acceptors (Lipinski definition) is 6. The fourth-order valence-electron chi connectivity index (χ4n) is 0.534. The van der Waals surface area contributed by atoms with Crippen molar-refractivity contribution in [3.05, 3.63) is 0 Å². The van der Waals surface area contributed by atoms with Crippen molar-refractivity contribution in [2.45, 2.75) is 18.6 Å². The minimum atomic E-state index is -4.83. The predicted molar refractivity (Wildman–Crippen MR) is 40.3 cm³/mol. The van der Waals surface area contributed by atoms with E-state index < -0.39 is 40.5 Å². The lowest BCUT2D eigenvalue weighted by Gasteiger charge is -2.13. The zero-order chi connectivity index (χ0) is 10.6. The Labute approximate surface area is 74.4 Å². The van der Waals surface area contributed by atoms with E-state index in [0.717, 1.165) is 0 Å². The molecule has 2 atom stereocenters. The van der Waals surface area contributed by atoms with Gasteiger partial charge in [0, 0.05) is 0 Å². The van der Waals surface area contributed by atoms with Crippen LogP contribution >= 0.6 is 0 Å². The first kappa shape index (κ1) is 12.5. The summed E-state index contributed by atoms with van der Waals surface area (Å²) in [5.74, 6) is 0. The Morgan fingerprint density at radius 1 is 1.23 bits per heavy atom. The Hall–Kier alpha value is -0.540. The van der Waals surface area contributed by atoms with Gasteiger partial charge in [-0.15, -0.1) is 0 Å². The summed E-state index contributed by atoms with van der Waals surface area (Å²) in [4.78, 5) is 10.5. The van der Waals surface area contributed by atoms with Crippen molar-refractivity contribution in [1.82, 2.24) is 0 Å². The molecule has 0 bridgehead atoms. The van der Waals surface area contributed by atoms with Crippen LogP contribution in [0.15, 0.2) is 0 Å². The van der Waals surface area contributed by atoms with Crippen molar-refractivity contribution in [3.8, 4) is 0 Å². The van der Waals surface area contributed by atoms with Crippen molar-refractivity contribution in [3.63, 3.8) is 0 Å². The van der Waals surface area contributed by atoms with Gasteiger partial charge in [0.15, 0.2) is 0 Å². The van der Waals surface area contributed by atoms with Crippen LogP contribution in [0.5, 0.6) is 0 Å². The summed E-state index contributed by atoms with van der Waals surface area (Å²) in [5, 5.41) is 24.2. The Balaban J connectivity index is 4.23. The molecule has 13 heavy (non-hydrogen) atoms. The summed E-state index contributed by atoms with van der Waals surface area (Å²) in [5.41, 5.74) is 0. The van der Waals surface area contributed by atoms with E-state index in [1.54, 1.807) is 0 Å². The van der Waals surface area contributed by atoms with E-state index in [-0.39, 0.29) is 0 Å². The molecule has 0 amide bonds. The van der Waals surface area contributed by atoms with Gasteiger partial charge in [-0.05, 0) is 0 Å². The molecule has 0 radical (unpaired) electrons. The van der Waals surface area contributed by atoms with Gasteiger partial charge in [-0.25, -0.2) is 0 Å². The van der Waals surface area contributed by atoms with Crippen LogP contribution in [0.2, 0.25) is 0 Å². The summed E-state index contributed by atoms with van der Waals surface area (Å²) in [7, 11) is -4.83. The lowest BCUT2D eigenvalue weighted by Crippen LogP contribution is -2.33. The molecule has 0 spiro atoms. The van der Waals surface area contributed by atoms with Crippen LogP contribution in [0.25, 0.3) is 0 Å². The topological polar surface area (TPSA) is 132 Å². The van der Waals surface area contributed by atoms with Crippen LogP contribution in [0.1, 0.15) is 6.42 Å². The Bertz CT molecular complexity index is 269. The molecule has 2 unspecified atom stereocenters. The average Bonchev–Trinajstić information content (AvgIpc) is 2.01. The third kappa shape index (κ3) is 4.29. The molecule has 4 N–H and O–H groups in total. The van der Waals surface area contributed by atoms with E-state index in [1.165, 1.54) is 0 Å². The maximum absolute atomic E-state index is 10.5. The van der Waals surface area contributed by atoms with Crippen molar-refractivity contribution in [1.29, 1.82) is 0 Å². The summed E-state index contributed by atoms with van der Waals surface area (Å²) < 4.78 is 28.4. The van der Waals surface area contributed by atoms with Gasteiger partial charge >= 0.3 is 10.1 Å². The molecule has 0 fully saturated rings. The second-order valence-corrected chi connectivity index (χ2v) is 3.77. The molecule has 0 saturated heterocycles. The maximum atomic E-state index is 10.5. The summed E-state index contributed by atoms with van der Waals surface area (Å²) in [6.07, 6.45) is -4.27. The zero-order valence-electron chi connectivity index (χ0n) is 6.49. The van der Waals surface area contributed by atoms with Crippen molar-refractivity contribution in [2.75, 3.05) is 6.61 Å². The lowest BCUT2D eigenvalue weighted by molar-refractivity contribution is -0.116. The van der Waals surface area contributed by atoms with Crippen LogP contribution < -0.4 is 0 Å². The molecule has 0 aromatic carbocycles. The molecule has 8 heteroatoms. The molecule has 0 saturated carbocycles. The molecular formula is C5H10O7S. The number of aliphatic hydroxyl groups is 3. The SMILES string of the molecule is O=C(CC(O)C(O)CO)S(=O)(=O)O. The number of carbonyl (C=O) groups is 1. The van der Waals surface area contributed by atoms with Crippen molar-refractivity contribution >= 4 is 15.2 Å². The monoisotopic (exact) mass is 214 g/mol. The largest absolute Gasteiger partial charge is 0.394 e.